The van der Waals surface area contributed by atoms with Gasteiger partial charge in [0, 0.05) is 12.5 Å². The second-order valence-electron chi connectivity index (χ2n) is 4.63. The smallest absolute Gasteiger partial charge is 0.256 e. The van der Waals surface area contributed by atoms with Gasteiger partial charge in [0.15, 0.2) is 0 Å². The highest BCUT2D eigenvalue weighted by molar-refractivity contribution is 5.45. The van der Waals surface area contributed by atoms with Crippen LogP contribution in [-0.2, 0) is 6.42 Å². The molecule has 2 atom stereocenters. The molecule has 0 amide bonds. The van der Waals surface area contributed by atoms with Gasteiger partial charge in [-0.25, -0.2) is 4.98 Å². The Morgan fingerprint density at radius 1 is 1.47 bits per heavy atom. The first-order valence-corrected chi connectivity index (χ1v) is 5.62. The number of aromatic amines is 1. The van der Waals surface area contributed by atoms with Crippen LogP contribution in [0.2, 0.25) is 0 Å². The van der Waals surface area contributed by atoms with Gasteiger partial charge in [0.1, 0.15) is 11.6 Å². The minimum absolute atomic E-state index is 0.0568. The number of hydrogen-bond donors (Lipinski definition) is 2. The zero-order valence-electron chi connectivity index (χ0n) is 8.84. The quantitative estimate of drug-likeness (QED) is 0.725. The van der Waals surface area contributed by atoms with E-state index in [-0.39, 0.29) is 5.56 Å². The van der Waals surface area contributed by atoms with E-state index in [1.54, 1.807) is 0 Å². The summed E-state index contributed by atoms with van der Waals surface area (Å²) < 4.78 is 0. The lowest BCUT2D eigenvalue weighted by Crippen LogP contribution is -2.24. The molecular weight excluding hydrogens is 190 g/mol. The van der Waals surface area contributed by atoms with Gasteiger partial charge in [-0.15, -0.1) is 0 Å². The van der Waals surface area contributed by atoms with E-state index >= 15 is 0 Å². The number of H-pyrrole nitrogens is 1. The molecule has 4 heteroatoms. The van der Waals surface area contributed by atoms with E-state index in [0.717, 1.165) is 43.0 Å². The lowest BCUT2D eigenvalue weighted by Gasteiger charge is -2.16. The van der Waals surface area contributed by atoms with E-state index < -0.39 is 0 Å². The standard InChI is InChI=1S/C11H15N3O/c1-6-5-8(6)10-13-9-7(11(15)14-10)3-2-4-12-9/h6,8H,2-5H2,1H3,(H2,12,13,14,15). The monoisotopic (exact) mass is 205 g/mol. The van der Waals surface area contributed by atoms with Gasteiger partial charge in [0.25, 0.3) is 5.56 Å². The number of aromatic nitrogens is 2. The van der Waals surface area contributed by atoms with Gasteiger partial charge in [-0.1, -0.05) is 6.92 Å². The van der Waals surface area contributed by atoms with Crippen LogP contribution in [0.1, 0.15) is 37.1 Å². The maximum absolute atomic E-state index is 11.8. The maximum atomic E-state index is 11.8. The average molecular weight is 205 g/mol. The van der Waals surface area contributed by atoms with E-state index in [9.17, 15) is 4.79 Å². The summed E-state index contributed by atoms with van der Waals surface area (Å²) in [4.78, 5) is 19.2. The highest BCUT2D eigenvalue weighted by atomic mass is 16.1. The molecule has 1 saturated carbocycles. The second-order valence-corrected chi connectivity index (χ2v) is 4.63. The van der Waals surface area contributed by atoms with Crippen molar-refractivity contribution in [3.63, 3.8) is 0 Å². The Balaban J connectivity index is 2.05. The van der Waals surface area contributed by atoms with Crippen molar-refractivity contribution in [3.05, 3.63) is 21.7 Å². The summed E-state index contributed by atoms with van der Waals surface area (Å²) in [6.07, 6.45) is 3.03. The van der Waals surface area contributed by atoms with Crippen LogP contribution in [0, 0.1) is 5.92 Å². The van der Waals surface area contributed by atoms with Crippen LogP contribution in [0.4, 0.5) is 5.82 Å². The molecule has 2 N–H and O–H groups in total. The molecule has 2 aliphatic rings. The van der Waals surface area contributed by atoms with Gasteiger partial charge in [0.05, 0.1) is 5.56 Å². The molecule has 1 aliphatic carbocycles. The molecule has 15 heavy (non-hydrogen) atoms. The molecule has 2 unspecified atom stereocenters. The van der Waals surface area contributed by atoms with E-state index in [0.29, 0.717) is 11.8 Å². The highest BCUT2D eigenvalue weighted by Gasteiger charge is 2.36. The fraction of sp³-hybridized carbons (Fsp3) is 0.636. The Morgan fingerprint density at radius 3 is 3.00 bits per heavy atom. The predicted octanol–water partition coefficient (Wildman–Crippen LogP) is 1.25. The molecule has 0 saturated heterocycles. The Hall–Kier alpha value is -1.32. The lowest BCUT2D eigenvalue weighted by atomic mass is 10.1. The van der Waals surface area contributed by atoms with Crippen molar-refractivity contribution in [1.82, 2.24) is 9.97 Å². The first-order valence-electron chi connectivity index (χ1n) is 5.62. The van der Waals surface area contributed by atoms with Crippen molar-refractivity contribution < 1.29 is 0 Å². The molecule has 0 bridgehead atoms. The Labute approximate surface area is 88.1 Å². The van der Waals surface area contributed by atoms with Crippen molar-refractivity contribution >= 4 is 5.82 Å². The van der Waals surface area contributed by atoms with Crippen molar-refractivity contribution in [2.75, 3.05) is 11.9 Å². The topological polar surface area (TPSA) is 57.8 Å². The molecule has 3 rings (SSSR count). The summed E-state index contributed by atoms with van der Waals surface area (Å²) in [5, 5.41) is 3.21. The Kier molecular flexibility index (Phi) is 1.84. The van der Waals surface area contributed by atoms with Gasteiger partial charge in [-0.05, 0) is 25.2 Å². The summed E-state index contributed by atoms with van der Waals surface area (Å²) in [6, 6.07) is 0. The van der Waals surface area contributed by atoms with Gasteiger partial charge < -0.3 is 10.3 Å². The van der Waals surface area contributed by atoms with Crippen molar-refractivity contribution in [2.45, 2.75) is 32.1 Å². The van der Waals surface area contributed by atoms with Crippen LogP contribution in [0.15, 0.2) is 4.79 Å². The Morgan fingerprint density at radius 2 is 2.27 bits per heavy atom. The van der Waals surface area contributed by atoms with Gasteiger partial charge >= 0.3 is 0 Å². The minimum Gasteiger partial charge on any atom is -0.370 e. The number of rotatable bonds is 1. The van der Waals surface area contributed by atoms with Crippen LogP contribution < -0.4 is 10.9 Å². The number of nitrogens with one attached hydrogen (secondary N) is 2. The van der Waals surface area contributed by atoms with Crippen molar-refractivity contribution in [3.8, 4) is 0 Å². The lowest BCUT2D eigenvalue weighted by molar-refractivity contribution is 0.766. The second kappa shape index (κ2) is 3.08. The molecule has 1 fully saturated rings. The first kappa shape index (κ1) is 8.95. The van der Waals surface area contributed by atoms with E-state index in [2.05, 4.69) is 22.2 Å². The van der Waals surface area contributed by atoms with Crippen molar-refractivity contribution in [2.24, 2.45) is 5.92 Å². The molecule has 0 spiro atoms. The van der Waals surface area contributed by atoms with E-state index in [1.807, 2.05) is 0 Å². The van der Waals surface area contributed by atoms with E-state index in [1.165, 1.54) is 0 Å². The molecule has 1 aromatic heterocycles. The molecule has 0 aromatic carbocycles. The van der Waals surface area contributed by atoms with Crippen molar-refractivity contribution in [1.29, 1.82) is 0 Å². The Bertz CT molecular complexity index is 452. The van der Waals surface area contributed by atoms with Crippen LogP contribution in [-0.4, -0.2) is 16.5 Å². The fourth-order valence-electron chi connectivity index (χ4n) is 2.24. The summed E-state index contributed by atoms with van der Waals surface area (Å²) >= 11 is 0. The van der Waals surface area contributed by atoms with Crippen LogP contribution >= 0.6 is 0 Å². The van der Waals surface area contributed by atoms with Gasteiger partial charge in [0.2, 0.25) is 0 Å². The molecule has 4 nitrogen and oxygen atoms in total. The molecule has 80 valence electrons. The highest BCUT2D eigenvalue weighted by Crippen LogP contribution is 2.45. The molecule has 0 radical (unpaired) electrons. The maximum Gasteiger partial charge on any atom is 0.256 e. The third-order valence-electron chi connectivity index (χ3n) is 3.39. The van der Waals surface area contributed by atoms with Gasteiger partial charge in [-0.2, -0.15) is 0 Å². The number of fused-ring (bicyclic) bond motifs is 1. The zero-order valence-corrected chi connectivity index (χ0v) is 8.84. The normalized spacial score (nSPS) is 28.1. The largest absolute Gasteiger partial charge is 0.370 e. The van der Waals surface area contributed by atoms with Crippen LogP contribution in [0.3, 0.4) is 0 Å². The predicted molar refractivity (Wildman–Crippen MR) is 58.2 cm³/mol. The van der Waals surface area contributed by atoms with Gasteiger partial charge in [-0.3, -0.25) is 4.79 Å². The summed E-state index contributed by atoms with van der Waals surface area (Å²) in [7, 11) is 0. The number of anilines is 1. The fourth-order valence-corrected chi connectivity index (χ4v) is 2.24. The molecule has 2 heterocycles. The minimum atomic E-state index is 0.0568. The third kappa shape index (κ3) is 1.44. The first-order chi connectivity index (χ1) is 7.25. The summed E-state index contributed by atoms with van der Waals surface area (Å²) in [5.74, 6) is 2.85. The molecule has 1 aliphatic heterocycles. The SMILES string of the molecule is CC1CC1c1nc2c(c(=O)[nH]1)CCCN2. The van der Waals surface area contributed by atoms with E-state index in [4.69, 9.17) is 0 Å². The average Bonchev–Trinajstić information content (AvgIpc) is 2.96. The summed E-state index contributed by atoms with van der Waals surface area (Å²) in [5.41, 5.74) is 0.889. The zero-order chi connectivity index (χ0) is 10.4. The molecule has 1 aromatic rings. The number of nitrogens with zero attached hydrogens (tertiary/aromatic N) is 1. The third-order valence-corrected chi connectivity index (χ3v) is 3.39. The molecular formula is C11H15N3O. The number of hydrogen-bond acceptors (Lipinski definition) is 3. The van der Waals surface area contributed by atoms with Crippen LogP contribution in [0.5, 0.6) is 0 Å². The van der Waals surface area contributed by atoms with Crippen LogP contribution in [0.25, 0.3) is 0 Å². The summed E-state index contributed by atoms with van der Waals surface area (Å²) in [6.45, 7) is 3.13.